The molecule has 0 saturated carbocycles. The van der Waals surface area contributed by atoms with Crippen molar-refractivity contribution < 1.29 is 19.9 Å². The fourth-order valence-electron chi connectivity index (χ4n) is 3.34. The van der Waals surface area contributed by atoms with Gasteiger partial charge in [0.1, 0.15) is 0 Å². The zero-order chi connectivity index (χ0) is 17.4. The second-order valence-corrected chi connectivity index (χ2v) is 6.54. The third-order valence-corrected chi connectivity index (χ3v) is 4.65. The highest BCUT2D eigenvalue weighted by Gasteiger charge is 2.36. The molecule has 6 nitrogen and oxygen atoms in total. The van der Waals surface area contributed by atoms with E-state index < -0.39 is 13.1 Å². The van der Waals surface area contributed by atoms with Gasteiger partial charge in [-0.1, -0.05) is 36.8 Å². The maximum Gasteiger partial charge on any atom is 0.451 e. The van der Waals surface area contributed by atoms with Crippen LogP contribution in [-0.4, -0.2) is 59.3 Å². The van der Waals surface area contributed by atoms with E-state index in [0.29, 0.717) is 19.3 Å². The van der Waals surface area contributed by atoms with Crippen molar-refractivity contribution in [1.29, 1.82) is 0 Å². The van der Waals surface area contributed by atoms with Crippen LogP contribution in [0.3, 0.4) is 0 Å². The molecule has 0 aromatic heterocycles. The van der Waals surface area contributed by atoms with Crippen molar-refractivity contribution in [2.24, 2.45) is 11.8 Å². The highest BCUT2D eigenvalue weighted by molar-refractivity contribution is 6.40. The van der Waals surface area contributed by atoms with Crippen LogP contribution in [0, 0.1) is 11.8 Å². The van der Waals surface area contributed by atoms with Gasteiger partial charge in [-0.15, -0.1) is 0 Å². The molecule has 132 valence electrons. The molecule has 0 spiro atoms. The Morgan fingerprint density at radius 2 is 2.00 bits per heavy atom. The SMILES string of the molecule is O=C(O)C1CN(CCNCc2ccccc2)CC1CCCB(O)O. The highest BCUT2D eigenvalue weighted by atomic mass is 16.4. The number of hydrogen-bond donors (Lipinski definition) is 4. The maximum absolute atomic E-state index is 11.4. The average Bonchev–Trinajstić information content (AvgIpc) is 2.96. The fraction of sp³-hybridized carbons (Fsp3) is 0.588. The van der Waals surface area contributed by atoms with Crippen LogP contribution in [0.25, 0.3) is 0 Å². The summed E-state index contributed by atoms with van der Waals surface area (Å²) in [4.78, 5) is 13.6. The van der Waals surface area contributed by atoms with Crippen molar-refractivity contribution in [3.63, 3.8) is 0 Å². The average molecular weight is 334 g/mol. The second kappa shape index (κ2) is 9.79. The van der Waals surface area contributed by atoms with Crippen LogP contribution in [0.15, 0.2) is 30.3 Å². The van der Waals surface area contributed by atoms with Crippen molar-refractivity contribution in [3.8, 4) is 0 Å². The lowest BCUT2D eigenvalue weighted by Crippen LogP contribution is -2.31. The zero-order valence-corrected chi connectivity index (χ0v) is 14.0. The standard InChI is InChI=1S/C17H27BN2O4/c21-17(22)16-13-20(12-15(16)7-4-8-18(23)24)10-9-19-11-14-5-2-1-3-6-14/h1-3,5-6,15-16,19,23-24H,4,7-13H2,(H,21,22). The first kappa shape index (κ1) is 18.9. The van der Waals surface area contributed by atoms with Gasteiger partial charge < -0.3 is 25.4 Å². The summed E-state index contributed by atoms with van der Waals surface area (Å²) >= 11 is 0. The number of carboxylic acids is 1. The van der Waals surface area contributed by atoms with Crippen molar-refractivity contribution in [2.45, 2.75) is 25.7 Å². The van der Waals surface area contributed by atoms with Crippen LogP contribution in [0.4, 0.5) is 0 Å². The molecule has 2 atom stereocenters. The number of carboxylic acid groups (broad SMARTS) is 1. The first-order valence-corrected chi connectivity index (χ1v) is 8.62. The summed E-state index contributed by atoms with van der Waals surface area (Å²) in [7, 11) is -1.30. The second-order valence-electron chi connectivity index (χ2n) is 6.54. The van der Waals surface area contributed by atoms with E-state index in [1.165, 1.54) is 5.56 Å². The molecule has 24 heavy (non-hydrogen) atoms. The van der Waals surface area contributed by atoms with Crippen LogP contribution in [0.5, 0.6) is 0 Å². The molecule has 0 bridgehead atoms. The largest absolute Gasteiger partial charge is 0.481 e. The number of aliphatic carboxylic acids is 1. The van der Waals surface area contributed by atoms with Gasteiger partial charge in [-0.3, -0.25) is 4.79 Å². The van der Waals surface area contributed by atoms with Crippen molar-refractivity contribution in [1.82, 2.24) is 10.2 Å². The molecule has 0 radical (unpaired) electrons. The molecule has 7 heteroatoms. The summed E-state index contributed by atoms with van der Waals surface area (Å²) in [5, 5.41) is 30.6. The Morgan fingerprint density at radius 3 is 2.67 bits per heavy atom. The molecule has 1 heterocycles. The van der Waals surface area contributed by atoms with Crippen molar-refractivity contribution in [3.05, 3.63) is 35.9 Å². The van der Waals surface area contributed by atoms with Gasteiger partial charge in [0.15, 0.2) is 0 Å². The van der Waals surface area contributed by atoms with Crippen molar-refractivity contribution >= 4 is 13.1 Å². The van der Waals surface area contributed by atoms with Crippen LogP contribution < -0.4 is 5.32 Å². The van der Waals surface area contributed by atoms with E-state index in [9.17, 15) is 9.90 Å². The van der Waals surface area contributed by atoms with Gasteiger partial charge >= 0.3 is 13.1 Å². The van der Waals surface area contributed by atoms with Gasteiger partial charge in [0.25, 0.3) is 0 Å². The smallest absolute Gasteiger partial charge is 0.451 e. The molecule has 1 aliphatic heterocycles. The Labute approximate surface area is 143 Å². The van der Waals surface area contributed by atoms with Gasteiger partial charge in [-0.2, -0.15) is 0 Å². The van der Waals surface area contributed by atoms with Gasteiger partial charge in [-0.05, 0) is 24.2 Å². The molecule has 1 aromatic rings. The monoisotopic (exact) mass is 334 g/mol. The number of nitrogens with one attached hydrogen (secondary N) is 1. The summed E-state index contributed by atoms with van der Waals surface area (Å²) in [6, 6.07) is 10.2. The van der Waals surface area contributed by atoms with E-state index in [-0.39, 0.29) is 11.8 Å². The predicted octanol–water partition coefficient (Wildman–Crippen LogP) is 0.662. The van der Waals surface area contributed by atoms with Crippen LogP contribution in [-0.2, 0) is 11.3 Å². The third-order valence-electron chi connectivity index (χ3n) is 4.65. The van der Waals surface area contributed by atoms with Crippen molar-refractivity contribution in [2.75, 3.05) is 26.2 Å². The minimum Gasteiger partial charge on any atom is -0.481 e. The van der Waals surface area contributed by atoms with E-state index in [1.807, 2.05) is 18.2 Å². The Bertz CT molecular complexity index is 501. The predicted molar refractivity (Wildman–Crippen MR) is 93.4 cm³/mol. The number of nitrogens with zero attached hydrogens (tertiary/aromatic N) is 1. The first-order chi connectivity index (χ1) is 11.6. The summed E-state index contributed by atoms with van der Waals surface area (Å²) in [6.07, 6.45) is 1.68. The highest BCUT2D eigenvalue weighted by Crippen LogP contribution is 2.28. The number of rotatable bonds is 10. The summed E-state index contributed by atoms with van der Waals surface area (Å²) in [5.74, 6) is -1.00. The molecule has 1 aromatic carbocycles. The number of hydrogen-bond acceptors (Lipinski definition) is 5. The summed E-state index contributed by atoms with van der Waals surface area (Å²) < 4.78 is 0. The lowest BCUT2D eigenvalue weighted by atomic mass is 9.80. The maximum atomic E-state index is 11.4. The molecule has 1 saturated heterocycles. The van der Waals surface area contributed by atoms with E-state index in [4.69, 9.17) is 10.0 Å². The molecule has 1 fully saturated rings. The van der Waals surface area contributed by atoms with E-state index in [2.05, 4.69) is 22.3 Å². The zero-order valence-electron chi connectivity index (χ0n) is 14.0. The summed E-state index contributed by atoms with van der Waals surface area (Å²) in [6.45, 7) is 3.81. The third kappa shape index (κ3) is 6.24. The van der Waals surface area contributed by atoms with Gasteiger partial charge in [0.05, 0.1) is 5.92 Å². The Morgan fingerprint density at radius 1 is 1.25 bits per heavy atom. The van der Waals surface area contributed by atoms with E-state index in [0.717, 1.165) is 32.6 Å². The van der Waals surface area contributed by atoms with Crippen LogP contribution in [0.1, 0.15) is 18.4 Å². The van der Waals surface area contributed by atoms with Crippen LogP contribution >= 0.6 is 0 Å². The molecule has 0 aliphatic carbocycles. The quantitative estimate of drug-likeness (QED) is 0.371. The van der Waals surface area contributed by atoms with Gasteiger partial charge in [0.2, 0.25) is 0 Å². The number of likely N-dealkylation sites (tertiary alicyclic amines) is 1. The molecular weight excluding hydrogens is 307 g/mol. The first-order valence-electron chi connectivity index (χ1n) is 8.62. The molecule has 0 amide bonds. The number of benzene rings is 1. The van der Waals surface area contributed by atoms with E-state index >= 15 is 0 Å². The molecule has 2 unspecified atom stereocenters. The Balaban J connectivity index is 1.70. The lowest BCUT2D eigenvalue weighted by molar-refractivity contribution is -0.142. The number of carbonyl (C=O) groups is 1. The Kier molecular flexibility index (Phi) is 7.72. The van der Waals surface area contributed by atoms with Gasteiger partial charge in [0, 0.05) is 32.7 Å². The molecule has 1 aliphatic rings. The normalized spacial score (nSPS) is 21.1. The molecule has 4 N–H and O–H groups in total. The molecular formula is C17H27BN2O4. The topological polar surface area (TPSA) is 93.0 Å². The minimum atomic E-state index is -1.30. The van der Waals surface area contributed by atoms with Gasteiger partial charge in [-0.25, -0.2) is 0 Å². The Hall–Kier alpha value is -1.41. The molecule has 2 rings (SSSR count). The fourth-order valence-corrected chi connectivity index (χ4v) is 3.34. The lowest BCUT2D eigenvalue weighted by Gasteiger charge is -2.16. The van der Waals surface area contributed by atoms with E-state index in [1.54, 1.807) is 0 Å². The van der Waals surface area contributed by atoms with Crippen LogP contribution in [0.2, 0.25) is 6.32 Å². The minimum absolute atomic E-state index is 0.0929. The summed E-state index contributed by atoms with van der Waals surface area (Å²) in [5.41, 5.74) is 1.24.